The van der Waals surface area contributed by atoms with E-state index < -0.39 is 30.1 Å². The van der Waals surface area contributed by atoms with E-state index in [0.717, 1.165) is 12.1 Å². The van der Waals surface area contributed by atoms with Gasteiger partial charge in [-0.25, -0.2) is 8.78 Å². The molecular formula is C21H23F2NO4. The summed E-state index contributed by atoms with van der Waals surface area (Å²) in [6.07, 6.45) is -0.0424. The summed E-state index contributed by atoms with van der Waals surface area (Å²) in [6.45, 7) is 5.86. The summed E-state index contributed by atoms with van der Waals surface area (Å²) in [7, 11) is 0. The highest BCUT2D eigenvalue weighted by Gasteiger charge is 2.14. The number of benzene rings is 2. The maximum Gasteiger partial charge on any atom is 0.309 e. The maximum atomic E-state index is 13.4. The van der Waals surface area contributed by atoms with Gasteiger partial charge < -0.3 is 14.8 Å². The van der Waals surface area contributed by atoms with Crippen molar-refractivity contribution in [2.45, 2.75) is 32.6 Å². The van der Waals surface area contributed by atoms with Crippen molar-refractivity contribution in [1.82, 2.24) is 0 Å². The molecule has 0 aliphatic rings. The Morgan fingerprint density at radius 3 is 2.32 bits per heavy atom. The lowest BCUT2D eigenvalue weighted by atomic mass is 9.87. The molecule has 0 heterocycles. The molecule has 5 nitrogen and oxygen atoms in total. The van der Waals surface area contributed by atoms with Gasteiger partial charge in [0.1, 0.15) is 17.4 Å². The number of carbonyl (C=O) groups is 2. The number of anilines is 1. The molecule has 0 fully saturated rings. The topological polar surface area (TPSA) is 64.6 Å². The van der Waals surface area contributed by atoms with E-state index in [0.29, 0.717) is 11.8 Å². The Morgan fingerprint density at radius 2 is 1.71 bits per heavy atom. The van der Waals surface area contributed by atoms with E-state index in [9.17, 15) is 18.4 Å². The highest BCUT2D eigenvalue weighted by Crippen LogP contribution is 2.24. The van der Waals surface area contributed by atoms with Crippen LogP contribution < -0.4 is 10.1 Å². The number of amides is 1. The molecule has 0 unspecified atom stereocenters. The van der Waals surface area contributed by atoms with E-state index in [1.54, 1.807) is 0 Å². The highest BCUT2D eigenvalue weighted by atomic mass is 19.1. The van der Waals surface area contributed by atoms with Crippen LogP contribution in [0.15, 0.2) is 42.5 Å². The standard InChI is InChI=1S/C21H23F2NO4/c1-21(2,3)14-4-7-16(8-5-14)27-11-10-20(26)28-13-19(25)24-18-9-6-15(22)12-17(18)23/h4-9,12H,10-11,13H2,1-3H3,(H,24,25). The first kappa shape index (κ1) is 21.3. The number of halogens is 2. The van der Waals surface area contributed by atoms with Crippen LogP contribution in [0.1, 0.15) is 32.8 Å². The Labute approximate surface area is 162 Å². The minimum absolute atomic E-state index is 0.0414. The smallest absolute Gasteiger partial charge is 0.309 e. The molecule has 2 aromatic rings. The quantitative estimate of drug-likeness (QED) is 0.718. The van der Waals surface area contributed by atoms with E-state index >= 15 is 0 Å². The van der Waals surface area contributed by atoms with Crippen LogP contribution in [0.2, 0.25) is 0 Å². The van der Waals surface area contributed by atoms with E-state index in [1.165, 1.54) is 5.56 Å². The molecule has 150 valence electrons. The molecule has 0 spiro atoms. The molecule has 7 heteroatoms. The minimum Gasteiger partial charge on any atom is -0.493 e. The highest BCUT2D eigenvalue weighted by molar-refractivity contribution is 5.92. The van der Waals surface area contributed by atoms with E-state index in [2.05, 4.69) is 26.1 Å². The molecule has 0 saturated heterocycles. The number of rotatable bonds is 7. The third-order valence-electron chi connectivity index (χ3n) is 3.86. The number of hydrogen-bond donors (Lipinski definition) is 1. The van der Waals surface area contributed by atoms with Crippen molar-refractivity contribution in [2.75, 3.05) is 18.5 Å². The zero-order valence-corrected chi connectivity index (χ0v) is 16.1. The van der Waals surface area contributed by atoms with Crippen LogP contribution in [0, 0.1) is 11.6 Å². The fourth-order valence-electron chi connectivity index (χ4n) is 2.30. The first-order valence-electron chi connectivity index (χ1n) is 8.79. The second-order valence-electron chi connectivity index (χ2n) is 7.21. The molecule has 0 bridgehead atoms. The summed E-state index contributed by atoms with van der Waals surface area (Å²) >= 11 is 0. The van der Waals surface area contributed by atoms with Crippen molar-refractivity contribution < 1.29 is 27.8 Å². The normalized spacial score (nSPS) is 11.0. The average Bonchev–Trinajstić information content (AvgIpc) is 2.62. The average molecular weight is 391 g/mol. The number of esters is 1. The Hall–Kier alpha value is -2.96. The minimum atomic E-state index is -0.912. The van der Waals surface area contributed by atoms with Gasteiger partial charge in [-0.15, -0.1) is 0 Å². The monoisotopic (exact) mass is 391 g/mol. The molecule has 0 aliphatic heterocycles. The van der Waals surface area contributed by atoms with Crippen molar-refractivity contribution in [2.24, 2.45) is 0 Å². The van der Waals surface area contributed by atoms with Crippen molar-refractivity contribution >= 4 is 17.6 Å². The number of hydrogen-bond acceptors (Lipinski definition) is 4. The predicted molar refractivity (Wildman–Crippen MR) is 101 cm³/mol. The number of carbonyl (C=O) groups excluding carboxylic acids is 2. The van der Waals surface area contributed by atoms with Gasteiger partial charge in [-0.3, -0.25) is 9.59 Å². The van der Waals surface area contributed by atoms with E-state index in [4.69, 9.17) is 9.47 Å². The fourth-order valence-corrected chi connectivity index (χ4v) is 2.30. The molecule has 0 saturated carbocycles. The van der Waals surface area contributed by atoms with Crippen molar-refractivity contribution in [3.05, 3.63) is 59.7 Å². The molecule has 0 aliphatic carbocycles. The summed E-state index contributed by atoms with van der Waals surface area (Å²) in [5.41, 5.74) is 1.02. The Kier molecular flexibility index (Phi) is 7.09. The lowest BCUT2D eigenvalue weighted by Crippen LogP contribution is -2.22. The summed E-state index contributed by atoms with van der Waals surface area (Å²) < 4.78 is 36.6. The largest absolute Gasteiger partial charge is 0.493 e. The molecule has 1 N–H and O–H groups in total. The molecule has 0 atom stereocenters. The van der Waals surface area contributed by atoms with Crippen LogP contribution in [0.5, 0.6) is 5.75 Å². The second kappa shape index (κ2) is 9.30. The van der Waals surface area contributed by atoms with Crippen LogP contribution in [-0.2, 0) is 19.7 Å². The zero-order valence-electron chi connectivity index (χ0n) is 16.1. The molecule has 28 heavy (non-hydrogen) atoms. The number of nitrogens with one attached hydrogen (secondary N) is 1. The first-order chi connectivity index (χ1) is 13.1. The lowest BCUT2D eigenvalue weighted by Gasteiger charge is -2.19. The van der Waals surface area contributed by atoms with Gasteiger partial charge in [-0.2, -0.15) is 0 Å². The fraction of sp³-hybridized carbons (Fsp3) is 0.333. The lowest BCUT2D eigenvalue weighted by molar-refractivity contribution is -0.147. The van der Waals surface area contributed by atoms with Gasteiger partial charge in [0.2, 0.25) is 0 Å². The molecule has 1 amide bonds. The second-order valence-corrected chi connectivity index (χ2v) is 7.21. The third kappa shape index (κ3) is 6.64. The van der Waals surface area contributed by atoms with Gasteiger partial charge in [-0.05, 0) is 35.2 Å². The summed E-state index contributed by atoms with van der Waals surface area (Å²) in [4.78, 5) is 23.4. The van der Waals surface area contributed by atoms with Crippen LogP contribution >= 0.6 is 0 Å². The maximum absolute atomic E-state index is 13.4. The predicted octanol–water partition coefficient (Wildman–Crippen LogP) is 4.21. The van der Waals surface area contributed by atoms with Gasteiger partial charge >= 0.3 is 5.97 Å². The Bertz CT molecular complexity index is 829. The summed E-state index contributed by atoms with van der Waals surface area (Å²) in [5.74, 6) is -2.38. The third-order valence-corrected chi connectivity index (χ3v) is 3.86. The van der Waals surface area contributed by atoms with Crippen LogP contribution in [-0.4, -0.2) is 25.1 Å². The van der Waals surface area contributed by atoms with Gasteiger partial charge in [0.15, 0.2) is 6.61 Å². The van der Waals surface area contributed by atoms with Crippen molar-refractivity contribution in [1.29, 1.82) is 0 Å². The Balaban J connectivity index is 1.70. The molecule has 2 rings (SSSR count). The van der Waals surface area contributed by atoms with Crippen molar-refractivity contribution in [3.8, 4) is 5.75 Å². The van der Waals surface area contributed by atoms with E-state index in [1.807, 2.05) is 24.3 Å². The molecule has 0 aromatic heterocycles. The van der Waals surface area contributed by atoms with Crippen molar-refractivity contribution in [3.63, 3.8) is 0 Å². The van der Waals surface area contributed by atoms with Gasteiger partial charge in [0, 0.05) is 6.07 Å². The van der Waals surface area contributed by atoms with E-state index in [-0.39, 0.29) is 24.1 Å². The van der Waals surface area contributed by atoms with Gasteiger partial charge in [0.25, 0.3) is 5.91 Å². The van der Waals surface area contributed by atoms with Gasteiger partial charge in [-0.1, -0.05) is 32.9 Å². The van der Waals surface area contributed by atoms with Crippen LogP contribution in [0.3, 0.4) is 0 Å². The number of ether oxygens (including phenoxy) is 2. The molecular weight excluding hydrogens is 368 g/mol. The van der Waals surface area contributed by atoms with Crippen LogP contribution in [0.25, 0.3) is 0 Å². The molecule has 2 aromatic carbocycles. The SMILES string of the molecule is CC(C)(C)c1ccc(OCCC(=O)OCC(=O)Nc2ccc(F)cc2F)cc1. The Morgan fingerprint density at radius 1 is 1.04 bits per heavy atom. The first-order valence-corrected chi connectivity index (χ1v) is 8.79. The molecule has 0 radical (unpaired) electrons. The van der Waals surface area contributed by atoms with Crippen LogP contribution in [0.4, 0.5) is 14.5 Å². The summed E-state index contributed by atoms with van der Waals surface area (Å²) in [5, 5.41) is 2.20. The summed E-state index contributed by atoms with van der Waals surface area (Å²) in [6, 6.07) is 10.3. The zero-order chi connectivity index (χ0) is 20.7. The van der Waals surface area contributed by atoms with Gasteiger partial charge in [0.05, 0.1) is 18.7 Å².